The zero-order valence-electron chi connectivity index (χ0n) is 12.8. The molecule has 2 saturated heterocycles. The summed E-state index contributed by atoms with van der Waals surface area (Å²) in [6.45, 7) is 9.10. The molecule has 0 aromatic heterocycles. The third kappa shape index (κ3) is 5.53. The third-order valence-corrected chi connectivity index (χ3v) is 3.18. The second kappa shape index (κ2) is 6.64. The number of benzene rings is 1. The van der Waals surface area contributed by atoms with Crippen LogP contribution in [0.15, 0.2) is 18.2 Å². The average molecular weight is 296 g/mol. The van der Waals surface area contributed by atoms with Gasteiger partial charge in [0.2, 0.25) is 0 Å². The number of hydrogen-bond acceptors (Lipinski definition) is 5. The van der Waals surface area contributed by atoms with Crippen LogP contribution >= 0.6 is 0 Å². The van der Waals surface area contributed by atoms with Crippen LogP contribution in [0.3, 0.4) is 0 Å². The number of ether oxygens (including phenoxy) is 3. The van der Waals surface area contributed by atoms with Crippen LogP contribution in [0.5, 0.6) is 11.5 Å². The number of phenolic OH excluding ortho intramolecular Hbond substituents is 2. The van der Waals surface area contributed by atoms with Gasteiger partial charge in [0, 0.05) is 5.56 Å². The summed E-state index contributed by atoms with van der Waals surface area (Å²) in [4.78, 5) is 0. The van der Waals surface area contributed by atoms with Crippen molar-refractivity contribution in [1.29, 1.82) is 0 Å². The van der Waals surface area contributed by atoms with Gasteiger partial charge in [-0.05, 0) is 17.5 Å². The molecular formula is C16H24O5. The van der Waals surface area contributed by atoms with Gasteiger partial charge in [0.1, 0.15) is 23.7 Å². The average Bonchev–Trinajstić information content (AvgIpc) is 3.22. The smallest absolute Gasteiger partial charge is 0.123 e. The van der Waals surface area contributed by atoms with E-state index < -0.39 is 0 Å². The van der Waals surface area contributed by atoms with Crippen LogP contribution < -0.4 is 0 Å². The Morgan fingerprint density at radius 1 is 1.05 bits per heavy atom. The Morgan fingerprint density at radius 3 is 1.76 bits per heavy atom. The second-order valence-electron chi connectivity index (χ2n) is 6.37. The van der Waals surface area contributed by atoms with Crippen molar-refractivity contribution in [3.8, 4) is 11.5 Å². The first kappa shape index (κ1) is 16.1. The highest BCUT2D eigenvalue weighted by Crippen LogP contribution is 2.36. The van der Waals surface area contributed by atoms with E-state index >= 15 is 0 Å². The molecule has 118 valence electrons. The molecule has 2 fully saturated rings. The zero-order valence-corrected chi connectivity index (χ0v) is 12.8. The Kier molecular flexibility index (Phi) is 5.08. The fraction of sp³-hybridized carbons (Fsp3) is 0.625. The molecule has 21 heavy (non-hydrogen) atoms. The number of epoxide rings is 2. The highest BCUT2D eigenvalue weighted by Gasteiger charge is 2.26. The number of hydrogen-bond donors (Lipinski definition) is 2. The Morgan fingerprint density at radius 2 is 1.48 bits per heavy atom. The van der Waals surface area contributed by atoms with Crippen LogP contribution in [0.1, 0.15) is 26.3 Å². The normalized spacial score (nSPS) is 23.2. The van der Waals surface area contributed by atoms with Gasteiger partial charge in [-0.2, -0.15) is 0 Å². The summed E-state index contributed by atoms with van der Waals surface area (Å²) in [5, 5.41) is 18.9. The van der Waals surface area contributed by atoms with E-state index in [1.807, 2.05) is 20.8 Å². The van der Waals surface area contributed by atoms with E-state index in [1.54, 1.807) is 18.2 Å². The van der Waals surface area contributed by atoms with E-state index in [-0.39, 0.29) is 16.9 Å². The predicted molar refractivity (Wildman–Crippen MR) is 78.8 cm³/mol. The van der Waals surface area contributed by atoms with Gasteiger partial charge in [0.05, 0.1) is 26.4 Å². The molecule has 0 radical (unpaired) electrons. The third-order valence-electron chi connectivity index (χ3n) is 3.18. The van der Waals surface area contributed by atoms with E-state index in [2.05, 4.69) is 0 Å². The van der Waals surface area contributed by atoms with E-state index in [1.165, 1.54) is 0 Å². The molecule has 1 aromatic rings. The van der Waals surface area contributed by atoms with Gasteiger partial charge in [-0.25, -0.2) is 0 Å². The molecule has 5 nitrogen and oxygen atoms in total. The van der Waals surface area contributed by atoms with Crippen LogP contribution in [0.25, 0.3) is 0 Å². The highest BCUT2D eigenvalue weighted by atomic mass is 16.6. The molecule has 2 heterocycles. The minimum Gasteiger partial charge on any atom is -0.508 e. The molecular weight excluding hydrogens is 272 g/mol. The summed E-state index contributed by atoms with van der Waals surface area (Å²) < 4.78 is 15.1. The Bertz CT molecular complexity index is 426. The molecule has 2 aliphatic rings. The maximum absolute atomic E-state index is 9.47. The van der Waals surface area contributed by atoms with Gasteiger partial charge in [0.25, 0.3) is 0 Å². The van der Waals surface area contributed by atoms with Crippen molar-refractivity contribution in [2.24, 2.45) is 0 Å². The summed E-state index contributed by atoms with van der Waals surface area (Å²) in [5.74, 6) is 0.310. The molecule has 3 rings (SSSR count). The van der Waals surface area contributed by atoms with Crippen molar-refractivity contribution < 1.29 is 24.4 Å². The van der Waals surface area contributed by atoms with Crippen LogP contribution in [-0.2, 0) is 19.6 Å². The minimum atomic E-state index is -0.227. The van der Waals surface area contributed by atoms with Gasteiger partial charge >= 0.3 is 0 Å². The SMILES string of the molecule is C(OCC1CO1)C1CO1.CC(C)(C)c1c(O)cccc1O. The fourth-order valence-electron chi connectivity index (χ4n) is 1.96. The van der Waals surface area contributed by atoms with E-state index in [0.717, 1.165) is 26.4 Å². The molecule has 0 bridgehead atoms. The monoisotopic (exact) mass is 296 g/mol. The fourth-order valence-corrected chi connectivity index (χ4v) is 1.96. The van der Waals surface area contributed by atoms with E-state index in [4.69, 9.17) is 14.2 Å². The van der Waals surface area contributed by atoms with Gasteiger partial charge < -0.3 is 24.4 Å². The number of phenols is 2. The molecule has 1 aromatic carbocycles. The molecule has 5 heteroatoms. The summed E-state index contributed by atoms with van der Waals surface area (Å²) in [7, 11) is 0. The maximum atomic E-state index is 9.47. The van der Waals surface area contributed by atoms with Crippen molar-refractivity contribution in [3.05, 3.63) is 23.8 Å². The van der Waals surface area contributed by atoms with Crippen molar-refractivity contribution in [3.63, 3.8) is 0 Å². The number of rotatable bonds is 4. The first-order valence-electron chi connectivity index (χ1n) is 7.20. The standard InChI is InChI=1S/C10H14O2.C6H10O3/c1-10(2,3)9-7(11)5-4-6-8(9)12;1(5-3-8-5)7-2-6-4-9-6/h4-6,11-12H,1-3H3;5-6H,1-4H2. The lowest BCUT2D eigenvalue weighted by Crippen LogP contribution is -2.11. The first-order chi connectivity index (χ1) is 9.88. The second-order valence-corrected chi connectivity index (χ2v) is 6.37. The predicted octanol–water partition coefficient (Wildman–Crippen LogP) is 2.20. The summed E-state index contributed by atoms with van der Waals surface area (Å²) >= 11 is 0. The van der Waals surface area contributed by atoms with Gasteiger partial charge in [-0.3, -0.25) is 0 Å². The molecule has 0 amide bonds. The maximum Gasteiger partial charge on any atom is 0.123 e. The van der Waals surface area contributed by atoms with Crippen LogP contribution in [0, 0.1) is 0 Å². The summed E-state index contributed by atoms with van der Waals surface area (Å²) in [6, 6.07) is 4.79. The number of aromatic hydroxyl groups is 2. The lowest BCUT2D eigenvalue weighted by Gasteiger charge is -2.21. The summed E-state index contributed by atoms with van der Waals surface area (Å²) in [6.07, 6.45) is 0.785. The van der Waals surface area contributed by atoms with Crippen LogP contribution in [0.2, 0.25) is 0 Å². The van der Waals surface area contributed by atoms with Crippen LogP contribution in [0.4, 0.5) is 0 Å². The Balaban J connectivity index is 0.000000159. The first-order valence-corrected chi connectivity index (χ1v) is 7.20. The summed E-state index contributed by atoms with van der Waals surface area (Å²) in [5.41, 5.74) is 0.375. The Hall–Kier alpha value is -1.30. The van der Waals surface area contributed by atoms with Crippen molar-refractivity contribution in [2.45, 2.75) is 38.4 Å². The molecule has 0 saturated carbocycles. The van der Waals surface area contributed by atoms with Gasteiger partial charge in [-0.15, -0.1) is 0 Å². The Labute approximate surface area is 125 Å². The minimum absolute atomic E-state index is 0.155. The lowest BCUT2D eigenvalue weighted by atomic mass is 9.85. The topological polar surface area (TPSA) is 74.8 Å². The molecule has 2 atom stereocenters. The lowest BCUT2D eigenvalue weighted by molar-refractivity contribution is 0.102. The molecule has 0 aliphatic carbocycles. The van der Waals surface area contributed by atoms with E-state index in [0.29, 0.717) is 17.8 Å². The largest absolute Gasteiger partial charge is 0.508 e. The highest BCUT2D eigenvalue weighted by molar-refractivity contribution is 5.47. The van der Waals surface area contributed by atoms with Crippen molar-refractivity contribution in [2.75, 3.05) is 26.4 Å². The quantitative estimate of drug-likeness (QED) is 0.833. The molecule has 0 spiro atoms. The van der Waals surface area contributed by atoms with Crippen molar-refractivity contribution in [1.82, 2.24) is 0 Å². The zero-order chi connectivity index (χ0) is 15.5. The van der Waals surface area contributed by atoms with Gasteiger partial charge in [0.15, 0.2) is 0 Å². The van der Waals surface area contributed by atoms with Gasteiger partial charge in [-0.1, -0.05) is 26.8 Å². The molecule has 2 unspecified atom stereocenters. The van der Waals surface area contributed by atoms with Crippen LogP contribution in [-0.4, -0.2) is 48.8 Å². The molecule has 2 aliphatic heterocycles. The van der Waals surface area contributed by atoms with Crippen molar-refractivity contribution >= 4 is 0 Å². The van der Waals surface area contributed by atoms with E-state index in [9.17, 15) is 10.2 Å². The molecule has 2 N–H and O–H groups in total.